The lowest BCUT2D eigenvalue weighted by Gasteiger charge is -2.15. The molecule has 0 aromatic heterocycles. The van der Waals surface area contributed by atoms with Crippen LogP contribution in [0.3, 0.4) is 0 Å². The molecule has 0 aliphatic carbocycles. The van der Waals surface area contributed by atoms with E-state index in [1.165, 1.54) is 0 Å². The second-order valence-electron chi connectivity index (χ2n) is 5.59. The number of benzene rings is 1. The molecule has 1 aromatic carbocycles. The molecular formula is C19H29F2N3O4. The van der Waals surface area contributed by atoms with Gasteiger partial charge < -0.3 is 24.8 Å². The van der Waals surface area contributed by atoms with Gasteiger partial charge in [-0.3, -0.25) is 4.79 Å². The summed E-state index contributed by atoms with van der Waals surface area (Å²) in [5, 5.41) is 6.17. The maximum absolute atomic E-state index is 12.8. The number of para-hydroxylation sites is 1. The summed E-state index contributed by atoms with van der Waals surface area (Å²) >= 11 is 0. The molecule has 0 spiro atoms. The minimum Gasteiger partial charge on any atom is -0.490 e. The van der Waals surface area contributed by atoms with E-state index in [4.69, 9.17) is 9.47 Å². The Hall–Kier alpha value is -2.58. The molecule has 0 amide bonds. The second kappa shape index (κ2) is 13.6. The van der Waals surface area contributed by atoms with Crippen LogP contribution in [0.4, 0.5) is 8.78 Å². The number of hydrogen-bond donors (Lipinski definition) is 2. The van der Waals surface area contributed by atoms with E-state index >= 15 is 0 Å². The van der Waals surface area contributed by atoms with E-state index in [9.17, 15) is 13.6 Å². The van der Waals surface area contributed by atoms with Gasteiger partial charge in [0.1, 0.15) is 0 Å². The van der Waals surface area contributed by atoms with Gasteiger partial charge in [-0.25, -0.2) is 4.99 Å². The van der Waals surface area contributed by atoms with Crippen molar-refractivity contribution in [2.45, 2.75) is 46.8 Å². The van der Waals surface area contributed by atoms with Crippen LogP contribution in [0, 0.1) is 0 Å². The van der Waals surface area contributed by atoms with Crippen LogP contribution >= 0.6 is 0 Å². The number of guanidine groups is 1. The number of ether oxygens (including phenoxy) is 3. The van der Waals surface area contributed by atoms with Crippen LogP contribution in [0.25, 0.3) is 0 Å². The summed E-state index contributed by atoms with van der Waals surface area (Å²) in [4.78, 5) is 15.8. The average Bonchev–Trinajstić information content (AvgIpc) is 2.65. The Balaban J connectivity index is 2.77. The summed E-state index contributed by atoms with van der Waals surface area (Å²) in [5.74, 6) is 0.507. The van der Waals surface area contributed by atoms with Crippen LogP contribution < -0.4 is 20.1 Å². The number of halogens is 2. The summed E-state index contributed by atoms with van der Waals surface area (Å²) in [7, 11) is 0. The largest absolute Gasteiger partial charge is 0.490 e. The van der Waals surface area contributed by atoms with Gasteiger partial charge in [0, 0.05) is 25.1 Å². The third-order valence-electron chi connectivity index (χ3n) is 3.47. The van der Waals surface area contributed by atoms with Gasteiger partial charge in [-0.1, -0.05) is 12.1 Å². The monoisotopic (exact) mass is 401 g/mol. The average molecular weight is 401 g/mol. The van der Waals surface area contributed by atoms with Crippen LogP contribution in [-0.4, -0.2) is 44.8 Å². The first-order valence-corrected chi connectivity index (χ1v) is 9.39. The molecule has 9 heteroatoms. The van der Waals surface area contributed by atoms with Gasteiger partial charge in [0.2, 0.25) is 0 Å². The van der Waals surface area contributed by atoms with Crippen LogP contribution in [0.1, 0.15) is 39.2 Å². The third-order valence-corrected chi connectivity index (χ3v) is 3.47. The van der Waals surface area contributed by atoms with Crippen molar-refractivity contribution in [3.05, 3.63) is 23.8 Å². The van der Waals surface area contributed by atoms with Gasteiger partial charge in [0.05, 0.1) is 19.8 Å². The molecule has 0 radical (unpaired) electrons. The number of nitrogens with zero attached hydrogens (tertiary/aromatic N) is 1. The van der Waals surface area contributed by atoms with E-state index in [1.54, 1.807) is 32.0 Å². The van der Waals surface area contributed by atoms with Gasteiger partial charge in [-0.2, -0.15) is 8.78 Å². The van der Waals surface area contributed by atoms with Crippen molar-refractivity contribution in [3.8, 4) is 11.5 Å². The second-order valence-corrected chi connectivity index (χ2v) is 5.59. The SMILES string of the molecule is CCNC(=NCc1cccc(OCC)c1OC(F)F)NCCCC(=O)OCC. The number of esters is 1. The highest BCUT2D eigenvalue weighted by atomic mass is 19.3. The molecule has 0 saturated heterocycles. The van der Waals surface area contributed by atoms with Gasteiger partial charge in [-0.15, -0.1) is 0 Å². The summed E-state index contributed by atoms with van der Waals surface area (Å²) in [5.41, 5.74) is 0.481. The first kappa shape index (κ1) is 23.5. The van der Waals surface area contributed by atoms with E-state index in [1.807, 2.05) is 6.92 Å². The van der Waals surface area contributed by atoms with Crippen molar-refractivity contribution >= 4 is 11.9 Å². The number of carbonyl (C=O) groups excluding carboxylic acids is 1. The van der Waals surface area contributed by atoms with Crippen LogP contribution in [-0.2, 0) is 16.1 Å². The Morgan fingerprint density at radius 1 is 1.18 bits per heavy atom. The summed E-state index contributed by atoms with van der Waals surface area (Å²) in [6.07, 6.45) is 0.895. The zero-order valence-corrected chi connectivity index (χ0v) is 16.6. The predicted octanol–water partition coefficient (Wildman–Crippen LogP) is 3.09. The maximum Gasteiger partial charge on any atom is 0.387 e. The quantitative estimate of drug-likeness (QED) is 0.242. The molecule has 7 nitrogen and oxygen atoms in total. The highest BCUT2D eigenvalue weighted by molar-refractivity contribution is 5.79. The van der Waals surface area contributed by atoms with E-state index < -0.39 is 6.61 Å². The first-order valence-electron chi connectivity index (χ1n) is 9.39. The number of aliphatic imine (C=N–C) groups is 1. The molecule has 0 unspecified atom stereocenters. The van der Waals surface area contributed by atoms with Crippen molar-refractivity contribution in [3.63, 3.8) is 0 Å². The lowest BCUT2D eigenvalue weighted by atomic mass is 10.2. The summed E-state index contributed by atoms with van der Waals surface area (Å²) in [6, 6.07) is 4.94. The lowest BCUT2D eigenvalue weighted by molar-refractivity contribution is -0.143. The molecule has 0 heterocycles. The van der Waals surface area contributed by atoms with Crippen molar-refractivity contribution < 1.29 is 27.8 Å². The van der Waals surface area contributed by atoms with E-state index in [0.29, 0.717) is 50.7 Å². The number of hydrogen-bond acceptors (Lipinski definition) is 5. The molecule has 0 atom stereocenters. The third kappa shape index (κ3) is 8.88. The molecule has 2 N–H and O–H groups in total. The van der Waals surface area contributed by atoms with Gasteiger partial charge in [-0.05, 0) is 33.3 Å². The lowest BCUT2D eigenvalue weighted by Crippen LogP contribution is -2.37. The van der Waals surface area contributed by atoms with Crippen molar-refractivity contribution in [2.24, 2.45) is 4.99 Å². The number of carbonyl (C=O) groups is 1. The standard InChI is InChI=1S/C19H29F2N3O4/c1-4-22-19(23-12-8-11-16(25)27-6-3)24-13-14-9-7-10-15(26-5-2)17(14)28-18(20)21/h7,9-10,18H,4-6,8,11-13H2,1-3H3,(H2,22,23,24). The van der Waals surface area contributed by atoms with Crippen molar-refractivity contribution in [2.75, 3.05) is 26.3 Å². The Labute approximate surface area is 164 Å². The minimum atomic E-state index is -2.96. The molecule has 1 rings (SSSR count). The van der Waals surface area contributed by atoms with Gasteiger partial charge >= 0.3 is 12.6 Å². The smallest absolute Gasteiger partial charge is 0.387 e. The molecular weight excluding hydrogens is 372 g/mol. The summed E-state index contributed by atoms with van der Waals surface area (Å²) in [6.45, 7) is 4.44. The van der Waals surface area contributed by atoms with Gasteiger partial charge in [0.15, 0.2) is 17.5 Å². The Kier molecular flexibility index (Phi) is 11.4. The van der Waals surface area contributed by atoms with E-state index in [2.05, 4.69) is 20.4 Å². The molecule has 1 aromatic rings. The molecule has 0 bridgehead atoms. The van der Waals surface area contributed by atoms with E-state index in [0.717, 1.165) is 0 Å². The van der Waals surface area contributed by atoms with Crippen molar-refractivity contribution in [1.29, 1.82) is 0 Å². The highest BCUT2D eigenvalue weighted by Crippen LogP contribution is 2.33. The first-order chi connectivity index (χ1) is 13.5. The number of alkyl halides is 2. The zero-order valence-electron chi connectivity index (χ0n) is 16.6. The topological polar surface area (TPSA) is 81.2 Å². The van der Waals surface area contributed by atoms with Gasteiger partial charge in [0.25, 0.3) is 0 Å². The molecule has 0 aliphatic rings. The normalized spacial score (nSPS) is 11.3. The molecule has 28 heavy (non-hydrogen) atoms. The fraction of sp³-hybridized carbons (Fsp3) is 0.579. The van der Waals surface area contributed by atoms with E-state index in [-0.39, 0.29) is 24.0 Å². The fourth-order valence-electron chi connectivity index (χ4n) is 2.36. The molecule has 0 aliphatic heterocycles. The van der Waals surface area contributed by atoms with Crippen molar-refractivity contribution in [1.82, 2.24) is 10.6 Å². The number of nitrogens with one attached hydrogen (secondary N) is 2. The van der Waals surface area contributed by atoms with Crippen LogP contribution in [0.2, 0.25) is 0 Å². The Morgan fingerprint density at radius 3 is 2.61 bits per heavy atom. The minimum absolute atomic E-state index is 0.0127. The molecule has 0 fully saturated rings. The number of rotatable bonds is 12. The predicted molar refractivity (Wildman–Crippen MR) is 103 cm³/mol. The maximum atomic E-state index is 12.8. The fourth-order valence-corrected chi connectivity index (χ4v) is 2.36. The van der Waals surface area contributed by atoms with Crippen LogP contribution in [0.5, 0.6) is 11.5 Å². The highest BCUT2D eigenvalue weighted by Gasteiger charge is 2.15. The van der Waals surface area contributed by atoms with Crippen LogP contribution in [0.15, 0.2) is 23.2 Å². The Bertz CT molecular complexity index is 627. The Morgan fingerprint density at radius 2 is 1.96 bits per heavy atom. The summed E-state index contributed by atoms with van der Waals surface area (Å²) < 4.78 is 40.5. The molecule has 0 saturated carbocycles. The zero-order chi connectivity index (χ0) is 20.8. The molecule has 158 valence electrons.